The van der Waals surface area contributed by atoms with Crippen molar-refractivity contribution in [2.75, 3.05) is 6.61 Å². The number of non-ortho nitro benzene ring substituents is 1. The fourth-order valence-electron chi connectivity index (χ4n) is 2.71. The number of nitrogens with one attached hydrogen (secondary N) is 2. The second kappa shape index (κ2) is 9.51. The van der Waals surface area contributed by atoms with Crippen molar-refractivity contribution < 1.29 is 19.2 Å². The van der Waals surface area contributed by atoms with E-state index >= 15 is 0 Å². The fourth-order valence-corrected chi connectivity index (χ4v) is 2.71. The summed E-state index contributed by atoms with van der Waals surface area (Å²) in [5.41, 5.74) is 1.15. The molecule has 1 aliphatic rings. The topological polar surface area (TPSA) is 111 Å². The molecule has 1 unspecified atom stereocenters. The van der Waals surface area contributed by atoms with Gasteiger partial charge in [-0.25, -0.2) is 9.59 Å². The van der Waals surface area contributed by atoms with Crippen LogP contribution in [0, 0.1) is 10.1 Å². The van der Waals surface area contributed by atoms with Crippen LogP contribution >= 0.6 is 0 Å². The van der Waals surface area contributed by atoms with E-state index in [0.29, 0.717) is 11.3 Å². The Hall–Kier alpha value is -3.16. The highest BCUT2D eigenvalue weighted by Crippen LogP contribution is 2.28. The molecule has 0 saturated heterocycles. The van der Waals surface area contributed by atoms with Gasteiger partial charge >= 0.3 is 12.0 Å². The van der Waals surface area contributed by atoms with Crippen LogP contribution in [0.25, 0.3) is 0 Å². The van der Waals surface area contributed by atoms with Crippen LogP contribution < -0.4 is 10.6 Å². The average Bonchev–Trinajstić information content (AvgIpc) is 2.63. The Bertz CT molecular complexity index is 768. The van der Waals surface area contributed by atoms with Crippen molar-refractivity contribution >= 4 is 17.7 Å². The van der Waals surface area contributed by atoms with Crippen molar-refractivity contribution in [1.29, 1.82) is 0 Å². The number of esters is 1. The molecule has 0 aromatic heterocycles. The number of urea groups is 1. The molecular formula is C19H23N3O5. The predicted octanol–water partition coefficient (Wildman–Crippen LogP) is 3.51. The van der Waals surface area contributed by atoms with Crippen molar-refractivity contribution in [3.8, 4) is 0 Å². The van der Waals surface area contributed by atoms with E-state index < -0.39 is 23.0 Å². The lowest BCUT2D eigenvalue weighted by Gasteiger charge is -2.28. The molecule has 2 rings (SSSR count). The number of hydrogen-bond acceptors (Lipinski definition) is 5. The molecule has 1 aliphatic heterocycles. The van der Waals surface area contributed by atoms with Crippen molar-refractivity contribution in [3.05, 3.63) is 63.4 Å². The molecule has 2 N–H and O–H groups in total. The first-order chi connectivity index (χ1) is 12.9. The Morgan fingerprint density at radius 3 is 2.63 bits per heavy atom. The van der Waals surface area contributed by atoms with E-state index in [1.165, 1.54) is 24.3 Å². The van der Waals surface area contributed by atoms with Gasteiger partial charge in [0, 0.05) is 17.8 Å². The van der Waals surface area contributed by atoms with Gasteiger partial charge in [0.1, 0.15) is 6.61 Å². The number of nitro groups is 1. The molecule has 8 heteroatoms. The highest BCUT2D eigenvalue weighted by atomic mass is 16.6. The van der Waals surface area contributed by atoms with Crippen LogP contribution in [0.4, 0.5) is 10.5 Å². The van der Waals surface area contributed by atoms with Crippen LogP contribution in [0.1, 0.15) is 44.7 Å². The lowest BCUT2D eigenvalue weighted by Crippen LogP contribution is -2.45. The minimum atomic E-state index is -0.740. The van der Waals surface area contributed by atoms with Gasteiger partial charge in [-0.15, -0.1) is 0 Å². The number of carbonyl (C=O) groups is 2. The van der Waals surface area contributed by atoms with Gasteiger partial charge in [-0.3, -0.25) is 10.1 Å². The summed E-state index contributed by atoms with van der Waals surface area (Å²) in [4.78, 5) is 34.7. The van der Waals surface area contributed by atoms with Crippen molar-refractivity contribution in [2.45, 2.75) is 39.2 Å². The lowest BCUT2D eigenvalue weighted by atomic mass is 9.95. The van der Waals surface area contributed by atoms with Crippen LogP contribution in [0.5, 0.6) is 0 Å². The Kier molecular flexibility index (Phi) is 7.10. The van der Waals surface area contributed by atoms with Crippen molar-refractivity contribution in [3.63, 3.8) is 0 Å². The molecule has 0 fully saturated rings. The number of ether oxygens (including phenoxy) is 1. The van der Waals surface area contributed by atoms with Gasteiger partial charge in [0.05, 0.1) is 16.5 Å². The second-order valence-electron chi connectivity index (χ2n) is 6.13. The van der Waals surface area contributed by atoms with E-state index in [0.717, 1.165) is 19.3 Å². The summed E-state index contributed by atoms with van der Waals surface area (Å²) in [5, 5.41) is 16.0. The number of amides is 2. The average molecular weight is 373 g/mol. The summed E-state index contributed by atoms with van der Waals surface area (Å²) in [5.74, 6) is -0.552. The number of carbonyl (C=O) groups excluding carboxylic acids is 2. The minimum Gasteiger partial charge on any atom is -0.458 e. The number of benzene rings is 1. The molecule has 1 atom stereocenters. The van der Waals surface area contributed by atoms with Crippen LogP contribution in [-0.2, 0) is 9.53 Å². The van der Waals surface area contributed by atoms with Gasteiger partial charge in [0.25, 0.3) is 5.69 Å². The first kappa shape index (κ1) is 20.2. The molecule has 2 amide bonds. The molecule has 1 heterocycles. The molecule has 1 aromatic rings. The van der Waals surface area contributed by atoms with Gasteiger partial charge in [0.2, 0.25) is 0 Å². The zero-order chi connectivity index (χ0) is 19.8. The van der Waals surface area contributed by atoms with Crippen molar-refractivity contribution in [1.82, 2.24) is 10.6 Å². The number of nitrogens with zero attached hydrogens (tertiary/aromatic N) is 1. The Morgan fingerprint density at radius 2 is 2.00 bits per heavy atom. The number of rotatable bonds is 8. The maximum Gasteiger partial charge on any atom is 0.338 e. The molecule has 144 valence electrons. The number of nitro benzene ring substituents is 1. The summed E-state index contributed by atoms with van der Waals surface area (Å²) >= 11 is 0. The van der Waals surface area contributed by atoms with Crippen LogP contribution in [0.2, 0.25) is 0 Å². The number of unbranched alkanes of at least 4 members (excludes halogenated alkanes) is 2. The van der Waals surface area contributed by atoms with E-state index in [-0.39, 0.29) is 17.9 Å². The molecular weight excluding hydrogens is 350 g/mol. The normalized spacial score (nSPS) is 16.8. The standard InChI is InChI=1S/C19H23N3O5/c1-3-4-5-6-7-12-27-18(23)16-13(2)20-19(24)21-17(16)14-8-10-15(11-9-14)22(25)26/h6-11,17H,3-5,12H2,1-2H3,(H2,20,21,24)/b7-6+. The van der Waals surface area contributed by atoms with E-state index in [2.05, 4.69) is 17.6 Å². The van der Waals surface area contributed by atoms with E-state index in [1.54, 1.807) is 13.0 Å². The number of hydrogen-bond donors (Lipinski definition) is 2. The highest BCUT2D eigenvalue weighted by Gasteiger charge is 2.32. The first-order valence-electron chi connectivity index (χ1n) is 8.78. The predicted molar refractivity (Wildman–Crippen MR) is 99.8 cm³/mol. The van der Waals surface area contributed by atoms with Gasteiger partial charge in [-0.2, -0.15) is 0 Å². The van der Waals surface area contributed by atoms with E-state index in [1.807, 2.05) is 6.08 Å². The quantitative estimate of drug-likeness (QED) is 0.238. The summed E-state index contributed by atoms with van der Waals surface area (Å²) in [7, 11) is 0. The van der Waals surface area contributed by atoms with Gasteiger partial charge in [0.15, 0.2) is 0 Å². The summed E-state index contributed by atoms with van der Waals surface area (Å²) < 4.78 is 5.30. The fraction of sp³-hybridized carbons (Fsp3) is 0.368. The second-order valence-corrected chi connectivity index (χ2v) is 6.13. The molecule has 0 bridgehead atoms. The van der Waals surface area contributed by atoms with Crippen LogP contribution in [-0.4, -0.2) is 23.5 Å². The van der Waals surface area contributed by atoms with E-state index in [9.17, 15) is 19.7 Å². The first-order valence-corrected chi connectivity index (χ1v) is 8.78. The maximum atomic E-state index is 12.5. The van der Waals surface area contributed by atoms with Gasteiger partial charge in [-0.05, 0) is 31.0 Å². The highest BCUT2D eigenvalue weighted by molar-refractivity contribution is 5.95. The molecule has 8 nitrogen and oxygen atoms in total. The third kappa shape index (κ3) is 5.40. The lowest BCUT2D eigenvalue weighted by molar-refractivity contribution is -0.384. The molecule has 0 radical (unpaired) electrons. The molecule has 27 heavy (non-hydrogen) atoms. The molecule has 1 aromatic carbocycles. The van der Waals surface area contributed by atoms with E-state index in [4.69, 9.17) is 4.74 Å². The third-order valence-electron chi connectivity index (χ3n) is 4.13. The monoisotopic (exact) mass is 373 g/mol. The molecule has 0 saturated carbocycles. The molecule has 0 spiro atoms. The third-order valence-corrected chi connectivity index (χ3v) is 4.13. The van der Waals surface area contributed by atoms with Gasteiger partial charge in [-0.1, -0.05) is 31.9 Å². The smallest absolute Gasteiger partial charge is 0.338 e. The van der Waals surface area contributed by atoms with Crippen LogP contribution in [0.3, 0.4) is 0 Å². The maximum absolute atomic E-state index is 12.5. The molecule has 0 aliphatic carbocycles. The Balaban J connectivity index is 2.16. The summed E-state index contributed by atoms with van der Waals surface area (Å²) in [6.07, 6.45) is 6.86. The van der Waals surface area contributed by atoms with Gasteiger partial charge < -0.3 is 15.4 Å². The minimum absolute atomic E-state index is 0.0685. The Morgan fingerprint density at radius 1 is 1.30 bits per heavy atom. The zero-order valence-electron chi connectivity index (χ0n) is 15.4. The van der Waals surface area contributed by atoms with Crippen LogP contribution in [0.15, 0.2) is 47.7 Å². The van der Waals surface area contributed by atoms with Crippen molar-refractivity contribution in [2.24, 2.45) is 0 Å². The largest absolute Gasteiger partial charge is 0.458 e. The summed E-state index contributed by atoms with van der Waals surface area (Å²) in [6, 6.07) is 4.50. The summed E-state index contributed by atoms with van der Waals surface area (Å²) in [6.45, 7) is 3.86. The zero-order valence-corrected chi connectivity index (χ0v) is 15.4. The Labute approximate surface area is 157 Å². The number of allylic oxidation sites excluding steroid dienone is 2. The SMILES string of the molecule is CCCC/C=C/COC(=O)C1=C(C)NC(=O)NC1c1ccc([N+](=O)[O-])cc1.